The number of rotatable bonds is 5. The number of aryl methyl sites for hydroxylation is 1. The highest BCUT2D eigenvalue weighted by atomic mass is 16.5. The molecule has 118 valence electrons. The number of carbonyl (C=O) groups excluding carboxylic acids is 1. The van der Waals surface area contributed by atoms with E-state index in [1.54, 1.807) is 10.9 Å². The van der Waals surface area contributed by atoms with Crippen LogP contribution in [-0.4, -0.2) is 28.4 Å². The van der Waals surface area contributed by atoms with Gasteiger partial charge in [0, 0.05) is 19.6 Å². The highest BCUT2D eigenvalue weighted by Gasteiger charge is 2.24. The topological polar surface area (TPSA) is 56.1 Å². The van der Waals surface area contributed by atoms with Gasteiger partial charge in [0.15, 0.2) is 0 Å². The van der Waals surface area contributed by atoms with Crippen molar-refractivity contribution in [1.82, 2.24) is 15.1 Å². The van der Waals surface area contributed by atoms with Crippen molar-refractivity contribution in [3.63, 3.8) is 0 Å². The highest BCUT2D eigenvalue weighted by Crippen LogP contribution is 2.28. The zero-order valence-electron chi connectivity index (χ0n) is 13.6. The van der Waals surface area contributed by atoms with E-state index in [1.807, 2.05) is 14.0 Å². The number of hydrogen-bond acceptors (Lipinski definition) is 4. The first-order valence-corrected chi connectivity index (χ1v) is 7.92. The molecule has 1 saturated carbocycles. The van der Waals surface area contributed by atoms with Gasteiger partial charge in [-0.25, -0.2) is 4.79 Å². The van der Waals surface area contributed by atoms with Crippen LogP contribution in [0.3, 0.4) is 0 Å². The van der Waals surface area contributed by atoms with E-state index < -0.39 is 0 Å². The summed E-state index contributed by atoms with van der Waals surface area (Å²) < 4.78 is 6.85. The molecule has 0 aliphatic heterocycles. The first kappa shape index (κ1) is 16.0. The Balaban J connectivity index is 1.99. The fourth-order valence-corrected chi connectivity index (χ4v) is 3.41. The fraction of sp³-hybridized carbons (Fsp3) is 0.750. The third kappa shape index (κ3) is 4.06. The molecule has 0 aromatic carbocycles. The molecular formula is C16H27N3O2. The van der Waals surface area contributed by atoms with Crippen molar-refractivity contribution in [1.29, 1.82) is 0 Å². The van der Waals surface area contributed by atoms with Gasteiger partial charge in [-0.1, -0.05) is 13.8 Å². The smallest absolute Gasteiger partial charge is 0.341 e. The molecule has 1 aliphatic carbocycles. The molecule has 2 unspecified atom stereocenters. The van der Waals surface area contributed by atoms with Gasteiger partial charge in [-0.05, 0) is 38.0 Å². The van der Waals surface area contributed by atoms with E-state index in [2.05, 4.69) is 24.3 Å². The largest absolute Gasteiger partial charge is 0.462 e. The normalized spacial score (nSPS) is 25.8. The third-order valence-electron chi connectivity index (χ3n) is 4.29. The molecule has 2 rings (SSSR count). The monoisotopic (exact) mass is 293 g/mol. The Morgan fingerprint density at radius 1 is 1.38 bits per heavy atom. The van der Waals surface area contributed by atoms with E-state index in [0.29, 0.717) is 24.8 Å². The Morgan fingerprint density at radius 3 is 2.67 bits per heavy atom. The van der Waals surface area contributed by atoms with Gasteiger partial charge in [-0.3, -0.25) is 4.68 Å². The second-order valence-corrected chi connectivity index (χ2v) is 6.34. The number of hydrogen-bond donors (Lipinski definition) is 1. The Kier molecular flexibility index (Phi) is 5.39. The van der Waals surface area contributed by atoms with Crippen molar-refractivity contribution in [3.8, 4) is 0 Å². The first-order valence-electron chi connectivity index (χ1n) is 7.92. The zero-order chi connectivity index (χ0) is 15.4. The van der Waals surface area contributed by atoms with Crippen LogP contribution in [0.2, 0.25) is 0 Å². The van der Waals surface area contributed by atoms with Crippen molar-refractivity contribution in [3.05, 3.63) is 17.5 Å². The van der Waals surface area contributed by atoms with E-state index in [9.17, 15) is 4.79 Å². The third-order valence-corrected chi connectivity index (χ3v) is 4.29. The van der Waals surface area contributed by atoms with E-state index in [1.165, 1.54) is 19.3 Å². The molecule has 21 heavy (non-hydrogen) atoms. The van der Waals surface area contributed by atoms with Gasteiger partial charge in [0.25, 0.3) is 0 Å². The summed E-state index contributed by atoms with van der Waals surface area (Å²) in [5, 5.41) is 7.78. The summed E-state index contributed by atoms with van der Waals surface area (Å²) in [5.74, 6) is 1.25. The molecule has 1 aromatic heterocycles. The average molecular weight is 293 g/mol. The molecule has 1 N–H and O–H groups in total. The standard InChI is InChI=1S/C16H27N3O2/c1-5-21-16(20)14-9-18-19(4)15(14)10-17-13-7-11(2)6-12(3)8-13/h9,11-13,17H,5-8,10H2,1-4H3. The number of nitrogens with zero attached hydrogens (tertiary/aromatic N) is 2. The summed E-state index contributed by atoms with van der Waals surface area (Å²) in [6, 6.07) is 0.522. The molecular weight excluding hydrogens is 266 g/mol. The summed E-state index contributed by atoms with van der Waals surface area (Å²) in [4.78, 5) is 11.9. The summed E-state index contributed by atoms with van der Waals surface area (Å²) in [5.41, 5.74) is 1.48. The van der Waals surface area contributed by atoms with Gasteiger partial charge in [0.05, 0.1) is 18.5 Å². The van der Waals surface area contributed by atoms with Gasteiger partial charge in [-0.2, -0.15) is 5.10 Å². The van der Waals surface area contributed by atoms with Crippen LogP contribution in [0.5, 0.6) is 0 Å². The van der Waals surface area contributed by atoms with Crippen LogP contribution in [0.15, 0.2) is 6.20 Å². The number of ether oxygens (including phenoxy) is 1. The maximum Gasteiger partial charge on any atom is 0.341 e. The Morgan fingerprint density at radius 2 is 2.05 bits per heavy atom. The number of nitrogens with one attached hydrogen (secondary N) is 1. The van der Waals surface area contributed by atoms with Gasteiger partial charge < -0.3 is 10.1 Å². The summed E-state index contributed by atoms with van der Waals surface area (Å²) in [7, 11) is 1.87. The number of esters is 1. The van der Waals surface area contributed by atoms with Gasteiger partial charge in [0.2, 0.25) is 0 Å². The lowest BCUT2D eigenvalue weighted by atomic mass is 9.80. The molecule has 0 saturated heterocycles. The fourth-order valence-electron chi connectivity index (χ4n) is 3.41. The quantitative estimate of drug-likeness (QED) is 0.848. The molecule has 0 amide bonds. The molecule has 0 spiro atoms. The minimum absolute atomic E-state index is 0.284. The molecule has 1 fully saturated rings. The molecule has 0 radical (unpaired) electrons. The summed E-state index contributed by atoms with van der Waals surface area (Å²) >= 11 is 0. The molecule has 0 bridgehead atoms. The zero-order valence-corrected chi connectivity index (χ0v) is 13.6. The maximum atomic E-state index is 11.9. The average Bonchev–Trinajstić information content (AvgIpc) is 2.77. The predicted molar refractivity (Wildman–Crippen MR) is 82.0 cm³/mol. The number of aromatic nitrogens is 2. The lowest BCUT2D eigenvalue weighted by Gasteiger charge is -2.32. The highest BCUT2D eigenvalue weighted by molar-refractivity contribution is 5.90. The van der Waals surface area contributed by atoms with Gasteiger partial charge in [-0.15, -0.1) is 0 Å². The Hall–Kier alpha value is -1.36. The lowest BCUT2D eigenvalue weighted by molar-refractivity contribution is 0.0524. The molecule has 1 aromatic rings. The SMILES string of the molecule is CCOC(=O)c1cnn(C)c1CNC1CC(C)CC(C)C1. The second-order valence-electron chi connectivity index (χ2n) is 6.34. The summed E-state index contributed by atoms with van der Waals surface area (Å²) in [6.07, 6.45) is 5.33. The summed E-state index contributed by atoms with van der Waals surface area (Å²) in [6.45, 7) is 7.50. The van der Waals surface area contributed by atoms with E-state index in [0.717, 1.165) is 17.5 Å². The lowest BCUT2D eigenvalue weighted by Crippen LogP contribution is -2.36. The van der Waals surface area contributed by atoms with Crippen LogP contribution < -0.4 is 5.32 Å². The van der Waals surface area contributed by atoms with Crippen molar-refractivity contribution >= 4 is 5.97 Å². The molecule has 1 heterocycles. The molecule has 5 heteroatoms. The van der Waals surface area contributed by atoms with E-state index >= 15 is 0 Å². The van der Waals surface area contributed by atoms with Crippen LogP contribution in [0.4, 0.5) is 0 Å². The van der Waals surface area contributed by atoms with Crippen LogP contribution in [0.1, 0.15) is 56.1 Å². The van der Waals surface area contributed by atoms with Crippen LogP contribution >= 0.6 is 0 Å². The van der Waals surface area contributed by atoms with Crippen LogP contribution in [0.25, 0.3) is 0 Å². The first-order chi connectivity index (χ1) is 10.0. The van der Waals surface area contributed by atoms with Gasteiger partial charge in [0.1, 0.15) is 5.56 Å². The molecule has 5 nitrogen and oxygen atoms in total. The minimum atomic E-state index is -0.284. The van der Waals surface area contributed by atoms with Crippen molar-refractivity contribution in [2.24, 2.45) is 18.9 Å². The van der Waals surface area contributed by atoms with E-state index in [4.69, 9.17) is 4.74 Å². The number of carbonyl (C=O) groups is 1. The van der Waals surface area contributed by atoms with Gasteiger partial charge >= 0.3 is 5.97 Å². The minimum Gasteiger partial charge on any atom is -0.462 e. The van der Waals surface area contributed by atoms with Crippen molar-refractivity contribution in [2.45, 2.75) is 52.6 Å². The predicted octanol–water partition coefficient (Wildman–Crippen LogP) is 2.51. The maximum absolute atomic E-state index is 11.9. The molecule has 1 aliphatic rings. The van der Waals surface area contributed by atoms with E-state index in [-0.39, 0.29) is 5.97 Å². The second kappa shape index (κ2) is 7.07. The molecule has 2 atom stereocenters. The Labute approximate surface area is 127 Å². The van der Waals surface area contributed by atoms with Crippen LogP contribution in [0, 0.1) is 11.8 Å². The Bertz CT molecular complexity index is 474. The van der Waals surface area contributed by atoms with Crippen molar-refractivity contribution < 1.29 is 9.53 Å². The van der Waals surface area contributed by atoms with Crippen molar-refractivity contribution in [2.75, 3.05) is 6.61 Å². The van der Waals surface area contributed by atoms with Crippen LogP contribution in [-0.2, 0) is 18.3 Å².